The van der Waals surface area contributed by atoms with Gasteiger partial charge in [0, 0.05) is 16.4 Å². The first-order valence-corrected chi connectivity index (χ1v) is 19.5. The van der Waals surface area contributed by atoms with Gasteiger partial charge < -0.3 is 20.3 Å². The third kappa shape index (κ3) is 4.85. The summed E-state index contributed by atoms with van der Waals surface area (Å²) in [4.78, 5) is 18.0. The first-order valence-electron chi connectivity index (χ1n) is 18.7. The fourth-order valence-corrected chi connectivity index (χ4v) is 12.8. The number of hydrogen-bond donors (Lipinski definition) is 2. The summed E-state index contributed by atoms with van der Waals surface area (Å²) in [6, 6.07) is -0.0634. The Morgan fingerprint density at radius 3 is 2.44 bits per heavy atom. The Morgan fingerprint density at radius 2 is 1.85 bits per heavy atom. The van der Waals surface area contributed by atoms with Crippen LogP contribution < -0.4 is 5.73 Å². The number of carboxylic acids is 1. The number of nitrogens with two attached hydrogens (primary N) is 1. The number of hydrogen-bond acceptors (Lipinski definition) is 6. The fourth-order valence-electron chi connectivity index (χ4n) is 12.3. The number of fused-ring (bicyclic) bond motifs is 3. The van der Waals surface area contributed by atoms with Crippen molar-refractivity contribution in [3.63, 3.8) is 0 Å². The van der Waals surface area contributed by atoms with Crippen LogP contribution in [-0.4, -0.2) is 56.8 Å². The van der Waals surface area contributed by atoms with Crippen molar-refractivity contribution in [2.45, 2.75) is 138 Å². The van der Waals surface area contributed by atoms with Crippen molar-refractivity contribution in [2.75, 3.05) is 13.2 Å². The standard InChI is InChI=1S/C39H63BrN4O4/c1-22(2)24(5)34(7)16-17-36(9)26-12-13-29-35(8)19-47-25(6)39(29,27(26)14-15-37(36,10)30(34)32(45)46)18-28(44-33(40)42-21-43-44)31(35)48-20-38(11,41)23(3)4/h14,21-26,28-31H,12-13,15-20,41H2,1-11H3,(H,45,46)/t24-,25+,26+,28-,29+,30-,31+,34-,35-,36-,37+,38+,39+/m1/s1. The zero-order chi connectivity index (χ0) is 35.4. The molecule has 3 saturated carbocycles. The fraction of sp³-hybridized carbons (Fsp3) is 0.872. The molecule has 1 aromatic heterocycles. The van der Waals surface area contributed by atoms with E-state index in [1.54, 1.807) is 6.33 Å². The van der Waals surface area contributed by atoms with Crippen LogP contribution in [0.25, 0.3) is 0 Å². The second-order valence-corrected chi connectivity index (χ2v) is 19.5. The number of carbonyl (C=O) groups is 1. The Balaban J connectivity index is 1.48. The Morgan fingerprint density at radius 1 is 1.17 bits per heavy atom. The molecule has 1 aromatic rings. The van der Waals surface area contributed by atoms with Crippen molar-refractivity contribution < 1.29 is 19.4 Å². The summed E-state index contributed by atoms with van der Waals surface area (Å²) in [6.45, 7) is 26.0. The topological polar surface area (TPSA) is 112 Å². The highest BCUT2D eigenvalue weighted by molar-refractivity contribution is 9.10. The molecule has 2 heterocycles. The highest BCUT2D eigenvalue weighted by atomic mass is 79.9. The van der Waals surface area contributed by atoms with Gasteiger partial charge in [-0.2, -0.15) is 5.10 Å². The highest BCUT2D eigenvalue weighted by Gasteiger charge is 2.73. The SMILES string of the molecule is CC(C)[C@@H](C)[C@@]1(C)CC[C@]2(C)[C@H]3CC[C@H]4[C@@]5(C)CO[C@@H](C)[C@@]4(C[C@@H](n4ncnc4Br)[C@@H]5OC[C@](C)(N)C(C)C)C3=CC[C@@]2(C)[C@@H]1C(=O)O. The van der Waals surface area contributed by atoms with Crippen LogP contribution in [0.2, 0.25) is 0 Å². The molecule has 0 unspecified atom stereocenters. The van der Waals surface area contributed by atoms with Crippen molar-refractivity contribution in [1.29, 1.82) is 0 Å². The van der Waals surface area contributed by atoms with E-state index in [-0.39, 0.29) is 51.2 Å². The van der Waals surface area contributed by atoms with Crippen LogP contribution in [0.5, 0.6) is 0 Å². The lowest BCUT2D eigenvalue weighted by molar-refractivity contribution is -0.273. The predicted molar refractivity (Wildman–Crippen MR) is 192 cm³/mol. The van der Waals surface area contributed by atoms with Gasteiger partial charge in [0.15, 0.2) is 4.73 Å². The minimum absolute atomic E-state index is 0.0175. The molecule has 0 spiro atoms. The Hall–Kier alpha value is -1.29. The van der Waals surface area contributed by atoms with Crippen molar-refractivity contribution in [3.05, 3.63) is 22.7 Å². The lowest BCUT2D eigenvalue weighted by Gasteiger charge is -2.72. The summed E-state index contributed by atoms with van der Waals surface area (Å²) in [7, 11) is 0. The molecule has 13 atom stereocenters. The number of carboxylic acid groups (broad SMARTS) is 1. The van der Waals surface area contributed by atoms with Gasteiger partial charge in [-0.1, -0.05) is 74.0 Å². The van der Waals surface area contributed by atoms with E-state index in [1.807, 2.05) is 4.68 Å². The number of nitrogens with zero attached hydrogens (tertiary/aromatic N) is 3. The smallest absolute Gasteiger partial charge is 0.307 e. The van der Waals surface area contributed by atoms with Crippen molar-refractivity contribution >= 4 is 21.9 Å². The number of allylic oxidation sites excluding steroid dienone is 1. The third-order valence-corrected chi connectivity index (χ3v) is 16.9. The molecule has 0 aromatic carbocycles. The van der Waals surface area contributed by atoms with E-state index in [9.17, 15) is 9.90 Å². The molecule has 270 valence electrons. The molecule has 1 saturated heterocycles. The number of rotatable bonds is 8. The van der Waals surface area contributed by atoms with Gasteiger partial charge in [0.1, 0.15) is 6.33 Å². The van der Waals surface area contributed by atoms with Gasteiger partial charge >= 0.3 is 5.97 Å². The molecule has 5 aliphatic rings. The summed E-state index contributed by atoms with van der Waals surface area (Å²) in [5.74, 6) is 0.638. The molecule has 0 radical (unpaired) electrons. The summed E-state index contributed by atoms with van der Waals surface area (Å²) in [5.41, 5.74) is 6.61. The minimum atomic E-state index is -0.619. The summed E-state index contributed by atoms with van der Waals surface area (Å²) >= 11 is 3.73. The molecule has 4 aliphatic carbocycles. The van der Waals surface area contributed by atoms with Crippen molar-refractivity contribution in [1.82, 2.24) is 14.8 Å². The van der Waals surface area contributed by atoms with Gasteiger partial charge in [-0.15, -0.1) is 0 Å². The van der Waals surface area contributed by atoms with Crippen LogP contribution in [0, 0.1) is 62.6 Å². The molecule has 2 bridgehead atoms. The summed E-state index contributed by atoms with van der Waals surface area (Å²) in [6.07, 6.45) is 9.76. The van der Waals surface area contributed by atoms with E-state index < -0.39 is 17.4 Å². The molecular formula is C39H63BrN4O4. The third-order valence-electron chi connectivity index (χ3n) is 16.3. The van der Waals surface area contributed by atoms with Crippen molar-refractivity contribution in [3.8, 4) is 0 Å². The van der Waals surface area contributed by atoms with E-state index in [0.29, 0.717) is 41.6 Å². The van der Waals surface area contributed by atoms with E-state index in [4.69, 9.17) is 20.3 Å². The van der Waals surface area contributed by atoms with E-state index in [1.165, 1.54) is 5.57 Å². The second-order valence-electron chi connectivity index (χ2n) is 18.8. The van der Waals surface area contributed by atoms with Crippen LogP contribution >= 0.6 is 15.9 Å². The van der Waals surface area contributed by atoms with E-state index >= 15 is 0 Å². The lowest BCUT2D eigenvalue weighted by Crippen LogP contribution is -2.71. The van der Waals surface area contributed by atoms with Gasteiger partial charge in [0.05, 0.1) is 37.4 Å². The molecule has 48 heavy (non-hydrogen) atoms. The largest absolute Gasteiger partial charge is 0.481 e. The first kappa shape index (κ1) is 36.5. The molecule has 0 amide bonds. The van der Waals surface area contributed by atoms with Gasteiger partial charge in [-0.25, -0.2) is 9.67 Å². The zero-order valence-corrected chi connectivity index (χ0v) is 33.1. The monoisotopic (exact) mass is 730 g/mol. The van der Waals surface area contributed by atoms with E-state index in [0.717, 1.165) is 38.5 Å². The lowest BCUT2D eigenvalue weighted by atomic mass is 9.33. The maximum Gasteiger partial charge on any atom is 0.307 e. The average Bonchev–Trinajstić information content (AvgIpc) is 3.43. The molecule has 4 fully saturated rings. The quantitative estimate of drug-likeness (QED) is 0.259. The molecule has 1 aliphatic heterocycles. The molecular weight excluding hydrogens is 668 g/mol. The molecule has 8 nitrogen and oxygen atoms in total. The van der Waals surface area contributed by atoms with Gasteiger partial charge in [0.2, 0.25) is 0 Å². The number of ether oxygens (including phenoxy) is 2. The van der Waals surface area contributed by atoms with E-state index in [2.05, 4.69) is 103 Å². The zero-order valence-electron chi connectivity index (χ0n) is 31.5. The first-order chi connectivity index (χ1) is 22.2. The molecule has 6 rings (SSSR count). The van der Waals surface area contributed by atoms with Crippen LogP contribution in [0.4, 0.5) is 0 Å². The van der Waals surface area contributed by atoms with Crippen LogP contribution in [-0.2, 0) is 14.3 Å². The maximum absolute atomic E-state index is 13.5. The summed E-state index contributed by atoms with van der Waals surface area (Å²) < 4.78 is 16.7. The van der Waals surface area contributed by atoms with Gasteiger partial charge in [-0.05, 0) is 114 Å². The Bertz CT molecular complexity index is 1440. The van der Waals surface area contributed by atoms with Crippen LogP contribution in [0.3, 0.4) is 0 Å². The molecule has 9 heteroatoms. The van der Waals surface area contributed by atoms with Crippen molar-refractivity contribution in [2.24, 2.45) is 68.3 Å². The summed E-state index contributed by atoms with van der Waals surface area (Å²) in [5, 5.41) is 15.9. The highest BCUT2D eigenvalue weighted by Crippen LogP contribution is 2.76. The Kier molecular flexibility index (Phi) is 9.03. The van der Waals surface area contributed by atoms with Crippen LogP contribution in [0.15, 0.2) is 22.7 Å². The minimum Gasteiger partial charge on any atom is -0.481 e. The average molecular weight is 732 g/mol. The van der Waals surface area contributed by atoms with Gasteiger partial charge in [0.25, 0.3) is 0 Å². The van der Waals surface area contributed by atoms with Gasteiger partial charge in [-0.3, -0.25) is 4.79 Å². The number of aromatic nitrogens is 3. The molecule has 3 N–H and O–H groups in total. The Labute approximate surface area is 297 Å². The predicted octanol–water partition coefficient (Wildman–Crippen LogP) is 8.32. The van der Waals surface area contributed by atoms with Crippen LogP contribution in [0.1, 0.15) is 121 Å². The normalized spacial score (nSPS) is 45.9. The number of aliphatic carboxylic acids is 1. The number of halogens is 1. The second kappa shape index (κ2) is 11.9. The maximum atomic E-state index is 13.5.